The van der Waals surface area contributed by atoms with Gasteiger partial charge in [0.1, 0.15) is 5.82 Å². The zero-order chi connectivity index (χ0) is 17.9. The van der Waals surface area contributed by atoms with E-state index in [1.165, 1.54) is 11.3 Å². The molecule has 2 aromatic rings. The fourth-order valence-electron chi connectivity index (χ4n) is 2.21. The van der Waals surface area contributed by atoms with E-state index in [2.05, 4.69) is 10.3 Å². The number of hydrogen-bond acceptors (Lipinski definition) is 6. The van der Waals surface area contributed by atoms with Gasteiger partial charge in [-0.1, -0.05) is 0 Å². The second kappa shape index (κ2) is 7.39. The first-order valence-corrected chi connectivity index (χ1v) is 8.30. The van der Waals surface area contributed by atoms with Crippen molar-refractivity contribution in [1.82, 2.24) is 4.98 Å². The summed E-state index contributed by atoms with van der Waals surface area (Å²) in [6.45, 7) is 7.10. The number of nitro benzene ring substituents is 1. The lowest BCUT2D eigenvalue weighted by molar-refractivity contribution is -0.385. The van der Waals surface area contributed by atoms with Crippen LogP contribution in [-0.4, -0.2) is 22.1 Å². The first-order chi connectivity index (χ1) is 11.3. The number of ether oxygens (including phenoxy) is 1. The number of nitrogens with zero attached hydrogens (tertiary/aromatic N) is 2. The van der Waals surface area contributed by atoms with Crippen LogP contribution in [0, 0.1) is 24.0 Å². The number of aryl methyl sites for hydroxylation is 2. The summed E-state index contributed by atoms with van der Waals surface area (Å²) in [4.78, 5) is 26.5. The molecule has 0 fully saturated rings. The quantitative estimate of drug-likeness (QED) is 0.644. The van der Waals surface area contributed by atoms with Crippen LogP contribution in [0.25, 0.3) is 0 Å². The molecule has 1 N–H and O–H groups in total. The number of benzene rings is 1. The molecule has 7 nitrogen and oxygen atoms in total. The molecular formula is C16H19N3O4S. The van der Waals surface area contributed by atoms with Crippen LogP contribution in [0.3, 0.4) is 0 Å². The van der Waals surface area contributed by atoms with Crippen molar-refractivity contribution in [3.63, 3.8) is 0 Å². The first-order valence-electron chi connectivity index (χ1n) is 7.42. The third-order valence-corrected chi connectivity index (χ3v) is 4.17. The Hall–Kier alpha value is -2.48. The maximum absolute atomic E-state index is 11.6. The molecule has 1 aromatic carbocycles. The number of carbonyl (C=O) groups is 1. The highest BCUT2D eigenvalue weighted by atomic mass is 32.1. The number of nitrogens with one attached hydrogen (secondary N) is 1. The van der Waals surface area contributed by atoms with Crippen molar-refractivity contribution in [2.45, 2.75) is 40.2 Å². The summed E-state index contributed by atoms with van der Waals surface area (Å²) in [6, 6.07) is 3.40. The monoisotopic (exact) mass is 349 g/mol. The topological polar surface area (TPSA) is 94.4 Å². The number of aromatic nitrogens is 1. The Balaban J connectivity index is 2.11. The molecule has 0 spiro atoms. The highest BCUT2D eigenvalue weighted by molar-refractivity contribution is 7.10. The summed E-state index contributed by atoms with van der Waals surface area (Å²) in [5.41, 5.74) is 2.56. The number of nitro groups is 1. The number of rotatable bonds is 5. The van der Waals surface area contributed by atoms with Gasteiger partial charge in [0.05, 0.1) is 16.0 Å². The van der Waals surface area contributed by atoms with Gasteiger partial charge < -0.3 is 4.74 Å². The number of amides is 1. The van der Waals surface area contributed by atoms with E-state index in [1.807, 2.05) is 13.0 Å². The average molecular weight is 349 g/mol. The van der Waals surface area contributed by atoms with E-state index in [-0.39, 0.29) is 16.7 Å². The molecule has 2 rings (SSSR count). The minimum absolute atomic E-state index is 0.120. The van der Waals surface area contributed by atoms with Gasteiger partial charge in [-0.2, -0.15) is 0 Å². The Morgan fingerprint density at radius 1 is 1.38 bits per heavy atom. The highest BCUT2D eigenvalue weighted by Crippen LogP contribution is 2.26. The van der Waals surface area contributed by atoms with Gasteiger partial charge in [0.15, 0.2) is 0 Å². The Morgan fingerprint density at radius 3 is 2.71 bits per heavy atom. The van der Waals surface area contributed by atoms with Gasteiger partial charge in [0.2, 0.25) is 0 Å². The van der Waals surface area contributed by atoms with Crippen LogP contribution >= 0.6 is 11.3 Å². The maximum atomic E-state index is 11.6. The van der Waals surface area contributed by atoms with Crippen LogP contribution in [0.1, 0.15) is 35.5 Å². The van der Waals surface area contributed by atoms with Crippen LogP contribution in [-0.2, 0) is 11.2 Å². The molecule has 0 saturated carbocycles. The second-order valence-corrected chi connectivity index (χ2v) is 6.65. The number of anilines is 1. The van der Waals surface area contributed by atoms with E-state index in [0.717, 1.165) is 16.1 Å². The zero-order valence-electron chi connectivity index (χ0n) is 14.0. The second-order valence-electron chi connectivity index (χ2n) is 5.70. The molecular weight excluding hydrogens is 330 g/mol. The lowest BCUT2D eigenvalue weighted by atomic mass is 10.0. The van der Waals surface area contributed by atoms with Crippen LogP contribution in [0.5, 0.6) is 0 Å². The van der Waals surface area contributed by atoms with Crippen LogP contribution < -0.4 is 5.32 Å². The van der Waals surface area contributed by atoms with E-state index < -0.39 is 6.09 Å². The highest BCUT2D eigenvalue weighted by Gasteiger charge is 2.15. The fourth-order valence-corrected chi connectivity index (χ4v) is 2.96. The van der Waals surface area contributed by atoms with Gasteiger partial charge in [-0.25, -0.2) is 9.78 Å². The summed E-state index contributed by atoms with van der Waals surface area (Å²) >= 11 is 1.42. The molecule has 1 aromatic heterocycles. The van der Waals surface area contributed by atoms with E-state index >= 15 is 0 Å². The lowest BCUT2D eigenvalue weighted by Crippen LogP contribution is -2.18. The minimum atomic E-state index is -0.538. The predicted molar refractivity (Wildman–Crippen MR) is 92.7 cm³/mol. The smallest absolute Gasteiger partial charge is 0.413 e. The molecule has 1 heterocycles. The van der Waals surface area contributed by atoms with E-state index in [9.17, 15) is 14.9 Å². The molecule has 0 aliphatic carbocycles. The molecule has 0 unspecified atom stereocenters. The summed E-state index contributed by atoms with van der Waals surface area (Å²) in [7, 11) is 0. The van der Waals surface area contributed by atoms with Crippen LogP contribution in [0.2, 0.25) is 0 Å². The SMILES string of the molecule is Cc1cc([N+](=O)[O-])c(C)cc1Cc1nc(NC(=O)OC(C)C)cs1. The summed E-state index contributed by atoms with van der Waals surface area (Å²) in [5.74, 6) is 0.442. The summed E-state index contributed by atoms with van der Waals surface area (Å²) < 4.78 is 5.00. The molecule has 128 valence electrons. The molecule has 24 heavy (non-hydrogen) atoms. The van der Waals surface area contributed by atoms with E-state index in [0.29, 0.717) is 17.8 Å². The van der Waals surface area contributed by atoms with E-state index in [1.54, 1.807) is 32.2 Å². The molecule has 0 aliphatic rings. The van der Waals surface area contributed by atoms with Gasteiger partial charge in [0.25, 0.3) is 5.69 Å². The molecule has 0 atom stereocenters. The Kier molecular flexibility index (Phi) is 5.50. The van der Waals surface area contributed by atoms with Crippen molar-refractivity contribution < 1.29 is 14.5 Å². The van der Waals surface area contributed by atoms with Gasteiger partial charge >= 0.3 is 6.09 Å². The van der Waals surface area contributed by atoms with Crippen LogP contribution in [0.4, 0.5) is 16.3 Å². The normalized spacial score (nSPS) is 10.7. The molecule has 0 aliphatic heterocycles. The molecule has 1 amide bonds. The average Bonchev–Trinajstić information content (AvgIpc) is 2.88. The number of hydrogen-bond donors (Lipinski definition) is 1. The third-order valence-electron chi connectivity index (χ3n) is 3.32. The van der Waals surface area contributed by atoms with Crippen molar-refractivity contribution in [3.8, 4) is 0 Å². The summed E-state index contributed by atoms with van der Waals surface area (Å²) in [6.07, 6.45) is -0.186. The lowest BCUT2D eigenvalue weighted by Gasteiger charge is -2.07. The van der Waals surface area contributed by atoms with Gasteiger partial charge in [-0.05, 0) is 44.9 Å². The predicted octanol–water partition coefficient (Wildman–Crippen LogP) is 4.22. The van der Waals surface area contributed by atoms with Crippen molar-refractivity contribution in [2.75, 3.05) is 5.32 Å². The van der Waals surface area contributed by atoms with Gasteiger partial charge in [0, 0.05) is 23.4 Å². The fraction of sp³-hybridized carbons (Fsp3) is 0.375. The maximum Gasteiger partial charge on any atom is 0.413 e. The Bertz CT molecular complexity index is 771. The van der Waals surface area contributed by atoms with Crippen molar-refractivity contribution in [3.05, 3.63) is 49.3 Å². The Morgan fingerprint density at radius 2 is 2.08 bits per heavy atom. The standard InChI is InChI=1S/C16H19N3O4S/c1-9(2)23-16(20)18-14-8-24-15(17-14)7-12-5-11(4)13(19(21)22)6-10(12)3/h5-6,8-9H,7H2,1-4H3,(H,18,20). The zero-order valence-corrected chi connectivity index (χ0v) is 14.8. The van der Waals surface area contributed by atoms with E-state index in [4.69, 9.17) is 4.74 Å². The molecule has 0 radical (unpaired) electrons. The molecule has 8 heteroatoms. The largest absolute Gasteiger partial charge is 0.447 e. The molecule has 0 saturated heterocycles. The molecule has 0 bridgehead atoms. The minimum Gasteiger partial charge on any atom is -0.447 e. The number of thiazole rings is 1. The van der Waals surface area contributed by atoms with Crippen molar-refractivity contribution in [1.29, 1.82) is 0 Å². The third kappa shape index (κ3) is 4.51. The van der Waals surface area contributed by atoms with Gasteiger partial charge in [-0.15, -0.1) is 11.3 Å². The Labute approximate surface area is 143 Å². The number of carbonyl (C=O) groups excluding carboxylic acids is 1. The summed E-state index contributed by atoms with van der Waals surface area (Å²) in [5, 5.41) is 16.1. The van der Waals surface area contributed by atoms with Crippen LogP contribution in [0.15, 0.2) is 17.5 Å². The van der Waals surface area contributed by atoms with Gasteiger partial charge in [-0.3, -0.25) is 15.4 Å². The van der Waals surface area contributed by atoms with Crippen molar-refractivity contribution in [2.24, 2.45) is 0 Å². The first kappa shape index (κ1) is 17.9. The van der Waals surface area contributed by atoms with Crippen molar-refractivity contribution >= 4 is 28.9 Å².